The Morgan fingerprint density at radius 1 is 1.29 bits per heavy atom. The van der Waals surface area contributed by atoms with Crippen LogP contribution in [0.2, 0.25) is 0 Å². The predicted molar refractivity (Wildman–Crippen MR) is 113 cm³/mol. The molecular formula is C25H33FO5. The smallest absolute Gasteiger partial charge is 0.306 e. The second-order valence-electron chi connectivity index (χ2n) is 10.5. The zero-order chi connectivity index (χ0) is 23.0. The van der Waals surface area contributed by atoms with Crippen molar-refractivity contribution in [1.82, 2.24) is 0 Å². The summed E-state index contributed by atoms with van der Waals surface area (Å²) in [4.78, 5) is 37.4. The van der Waals surface area contributed by atoms with Crippen LogP contribution in [-0.4, -0.2) is 40.0 Å². The summed E-state index contributed by atoms with van der Waals surface area (Å²) >= 11 is 0. The van der Waals surface area contributed by atoms with Crippen LogP contribution in [0.5, 0.6) is 0 Å². The van der Waals surface area contributed by atoms with E-state index in [0.29, 0.717) is 19.3 Å². The highest BCUT2D eigenvalue weighted by Gasteiger charge is 2.76. The minimum atomic E-state index is -1.96. The van der Waals surface area contributed by atoms with E-state index in [0.717, 1.165) is 5.57 Å². The molecule has 4 rings (SSSR count). The number of esters is 1. The van der Waals surface area contributed by atoms with Gasteiger partial charge in [-0.05, 0) is 57.6 Å². The molecule has 0 aliphatic heterocycles. The van der Waals surface area contributed by atoms with Crippen molar-refractivity contribution in [3.63, 3.8) is 0 Å². The molecule has 0 saturated heterocycles. The SMILES string of the molecule is CCC(=O)O[C@]1(C(C)=O)C(C)CC2C3CCC4=CC(=O)C=CC4(C)[C@@]3(F)C(O)CC21C. The van der Waals surface area contributed by atoms with Crippen molar-refractivity contribution in [2.24, 2.45) is 28.6 Å². The third kappa shape index (κ3) is 2.54. The van der Waals surface area contributed by atoms with Crippen LogP contribution < -0.4 is 0 Å². The molecule has 0 aromatic heterocycles. The largest absolute Gasteiger partial charge is 0.450 e. The molecule has 6 unspecified atom stereocenters. The van der Waals surface area contributed by atoms with Gasteiger partial charge < -0.3 is 9.84 Å². The fourth-order valence-corrected chi connectivity index (χ4v) is 7.82. The van der Waals surface area contributed by atoms with Crippen molar-refractivity contribution < 1.29 is 28.6 Å². The van der Waals surface area contributed by atoms with Crippen molar-refractivity contribution in [3.8, 4) is 0 Å². The molecule has 4 aliphatic carbocycles. The number of allylic oxidation sites excluding steroid dienone is 4. The zero-order valence-electron chi connectivity index (χ0n) is 19.0. The van der Waals surface area contributed by atoms with E-state index in [1.807, 2.05) is 13.8 Å². The lowest BCUT2D eigenvalue weighted by atomic mass is 9.44. The van der Waals surface area contributed by atoms with Crippen LogP contribution in [0.1, 0.15) is 66.7 Å². The minimum absolute atomic E-state index is 0.0240. The second-order valence-corrected chi connectivity index (χ2v) is 10.5. The molecule has 31 heavy (non-hydrogen) atoms. The molecule has 0 spiro atoms. The summed E-state index contributed by atoms with van der Waals surface area (Å²) in [5.41, 5.74) is -4.55. The van der Waals surface area contributed by atoms with Crippen LogP contribution in [0.15, 0.2) is 23.8 Å². The molecule has 0 amide bonds. The van der Waals surface area contributed by atoms with Gasteiger partial charge in [0.05, 0.1) is 6.10 Å². The number of alkyl halides is 1. The number of ketones is 2. The van der Waals surface area contributed by atoms with E-state index in [9.17, 15) is 19.5 Å². The predicted octanol–water partition coefficient (Wildman–Crippen LogP) is 3.88. The number of aliphatic hydroxyl groups excluding tert-OH is 1. The molecule has 0 heterocycles. The molecule has 170 valence electrons. The molecule has 3 saturated carbocycles. The first-order chi connectivity index (χ1) is 14.4. The third-order valence-corrected chi connectivity index (χ3v) is 9.27. The topological polar surface area (TPSA) is 80.7 Å². The van der Waals surface area contributed by atoms with Crippen molar-refractivity contribution in [3.05, 3.63) is 23.8 Å². The number of fused-ring (bicyclic) bond motifs is 5. The Hall–Kier alpha value is -1.82. The summed E-state index contributed by atoms with van der Waals surface area (Å²) in [7, 11) is 0. The van der Waals surface area contributed by atoms with Gasteiger partial charge in [-0.1, -0.05) is 32.4 Å². The maximum absolute atomic E-state index is 17.1. The number of hydrogen-bond acceptors (Lipinski definition) is 5. The van der Waals surface area contributed by atoms with Crippen molar-refractivity contribution in [1.29, 1.82) is 0 Å². The molecule has 0 radical (unpaired) electrons. The van der Waals surface area contributed by atoms with E-state index in [1.165, 1.54) is 19.1 Å². The number of ether oxygens (including phenoxy) is 1. The van der Waals surface area contributed by atoms with Crippen molar-refractivity contribution in [2.45, 2.75) is 84.1 Å². The van der Waals surface area contributed by atoms with Crippen LogP contribution in [0.25, 0.3) is 0 Å². The summed E-state index contributed by atoms with van der Waals surface area (Å²) in [6.45, 7) is 8.69. The number of carbonyl (C=O) groups is 3. The quantitative estimate of drug-likeness (QED) is 0.685. The summed E-state index contributed by atoms with van der Waals surface area (Å²) in [5, 5.41) is 11.4. The maximum atomic E-state index is 17.1. The van der Waals surface area contributed by atoms with Gasteiger partial charge in [0.15, 0.2) is 22.8 Å². The Morgan fingerprint density at radius 3 is 2.58 bits per heavy atom. The Kier molecular flexibility index (Phi) is 4.94. The highest BCUT2D eigenvalue weighted by molar-refractivity contribution is 6.01. The fourth-order valence-electron chi connectivity index (χ4n) is 7.82. The van der Waals surface area contributed by atoms with Gasteiger partial charge in [-0.25, -0.2) is 4.39 Å². The normalized spacial score (nSPS) is 48.4. The zero-order valence-corrected chi connectivity index (χ0v) is 19.0. The summed E-state index contributed by atoms with van der Waals surface area (Å²) in [5.74, 6) is -1.86. The van der Waals surface area contributed by atoms with E-state index in [-0.39, 0.29) is 36.2 Å². The Bertz CT molecular complexity index is 908. The summed E-state index contributed by atoms with van der Waals surface area (Å²) in [6.07, 6.45) is 4.95. The average Bonchev–Trinajstić information content (AvgIpc) is 2.91. The number of rotatable bonds is 3. The van der Waals surface area contributed by atoms with Gasteiger partial charge in [-0.2, -0.15) is 0 Å². The van der Waals surface area contributed by atoms with Crippen LogP contribution in [0.3, 0.4) is 0 Å². The van der Waals surface area contributed by atoms with Crippen LogP contribution in [0, 0.1) is 28.6 Å². The van der Waals surface area contributed by atoms with Gasteiger partial charge in [-0.3, -0.25) is 14.4 Å². The van der Waals surface area contributed by atoms with Gasteiger partial charge in [0.25, 0.3) is 0 Å². The standard InChI is InChI=1S/C25H33FO5/c1-6-21(30)31-25(15(3)27)14(2)11-19-18-8-7-16-12-17(28)9-10-22(16,4)24(18,26)20(29)13-23(19,25)5/h9-10,12,14,18-20,29H,6-8,11,13H2,1-5H3/t14?,18?,19?,20?,22?,23?,24-,25-/m0/s1. The molecule has 3 fully saturated rings. The molecule has 0 aromatic rings. The van der Waals surface area contributed by atoms with E-state index in [1.54, 1.807) is 19.9 Å². The monoisotopic (exact) mass is 432 g/mol. The second kappa shape index (κ2) is 6.84. The first-order valence-corrected chi connectivity index (χ1v) is 11.4. The van der Waals surface area contributed by atoms with Gasteiger partial charge in [-0.15, -0.1) is 0 Å². The molecule has 4 aliphatic rings. The highest BCUT2D eigenvalue weighted by atomic mass is 19.1. The fraction of sp³-hybridized carbons (Fsp3) is 0.720. The van der Waals surface area contributed by atoms with Gasteiger partial charge in [0.1, 0.15) is 0 Å². The lowest BCUT2D eigenvalue weighted by Crippen LogP contribution is -2.69. The Labute approximate surface area is 183 Å². The Morgan fingerprint density at radius 2 is 1.97 bits per heavy atom. The first-order valence-electron chi connectivity index (χ1n) is 11.4. The van der Waals surface area contributed by atoms with E-state index < -0.39 is 40.1 Å². The van der Waals surface area contributed by atoms with Crippen molar-refractivity contribution in [2.75, 3.05) is 0 Å². The van der Waals surface area contributed by atoms with Crippen LogP contribution >= 0.6 is 0 Å². The number of aliphatic hydroxyl groups is 1. The average molecular weight is 433 g/mol. The Balaban J connectivity index is 1.84. The minimum Gasteiger partial charge on any atom is -0.450 e. The highest BCUT2D eigenvalue weighted by Crippen LogP contribution is 2.71. The molecule has 1 N–H and O–H groups in total. The molecule has 8 atom stereocenters. The van der Waals surface area contributed by atoms with Gasteiger partial charge >= 0.3 is 5.97 Å². The molecular weight excluding hydrogens is 399 g/mol. The number of hydrogen-bond donors (Lipinski definition) is 1. The summed E-state index contributed by atoms with van der Waals surface area (Å²) in [6, 6.07) is 0. The molecule has 0 bridgehead atoms. The van der Waals surface area contributed by atoms with Gasteiger partial charge in [0.2, 0.25) is 0 Å². The number of carbonyl (C=O) groups excluding carboxylic acids is 3. The molecule has 6 heteroatoms. The van der Waals surface area contributed by atoms with Crippen LogP contribution in [-0.2, 0) is 19.1 Å². The van der Waals surface area contributed by atoms with Crippen molar-refractivity contribution >= 4 is 17.5 Å². The number of Topliss-reactive ketones (excluding diaryl/α,β-unsaturated/α-hetero) is 1. The van der Waals surface area contributed by atoms with E-state index >= 15 is 4.39 Å². The lowest BCUT2D eigenvalue weighted by Gasteiger charge is -2.62. The van der Waals surface area contributed by atoms with Gasteiger partial charge in [0, 0.05) is 29.1 Å². The maximum Gasteiger partial charge on any atom is 0.306 e. The summed E-state index contributed by atoms with van der Waals surface area (Å²) < 4.78 is 23.0. The molecule has 5 nitrogen and oxygen atoms in total. The van der Waals surface area contributed by atoms with E-state index in [2.05, 4.69) is 0 Å². The van der Waals surface area contributed by atoms with Crippen LogP contribution in [0.4, 0.5) is 4.39 Å². The lowest BCUT2D eigenvalue weighted by molar-refractivity contribution is -0.227. The molecule has 0 aromatic carbocycles. The van der Waals surface area contributed by atoms with E-state index in [4.69, 9.17) is 4.74 Å². The number of halogens is 1. The first kappa shape index (κ1) is 22.4. The third-order valence-electron chi connectivity index (χ3n) is 9.27.